The van der Waals surface area contributed by atoms with Gasteiger partial charge in [0.25, 0.3) is 15.9 Å². The Bertz CT molecular complexity index is 1780. The topological polar surface area (TPSA) is 112 Å². The Kier molecular flexibility index (Phi) is 7.72. The monoisotopic (exact) mass is 568 g/mol. The number of hydrogen-bond acceptors (Lipinski definition) is 6. The van der Waals surface area contributed by atoms with Gasteiger partial charge in [0, 0.05) is 22.8 Å². The van der Waals surface area contributed by atoms with Crippen molar-refractivity contribution < 1.29 is 18.3 Å². The predicted octanol–water partition coefficient (Wildman–Crippen LogP) is 5.46. The number of anilines is 2. The first-order valence-electron chi connectivity index (χ1n) is 12.2. The van der Waals surface area contributed by atoms with E-state index < -0.39 is 15.9 Å². The van der Waals surface area contributed by atoms with Crippen LogP contribution in [0.3, 0.4) is 0 Å². The molecule has 8 nitrogen and oxygen atoms in total. The van der Waals surface area contributed by atoms with Gasteiger partial charge in [0.2, 0.25) is 0 Å². The summed E-state index contributed by atoms with van der Waals surface area (Å²) in [6.45, 7) is 0.0764. The number of para-hydroxylation sites is 1. The normalized spacial score (nSPS) is 11.1. The maximum absolute atomic E-state index is 13.7. The van der Waals surface area contributed by atoms with E-state index in [4.69, 9.17) is 12.2 Å². The Morgan fingerprint density at radius 2 is 1.60 bits per heavy atom. The minimum absolute atomic E-state index is 0.0694. The molecule has 4 aromatic carbocycles. The van der Waals surface area contributed by atoms with Gasteiger partial charge in [-0.15, -0.1) is 0 Å². The van der Waals surface area contributed by atoms with Gasteiger partial charge in [-0.1, -0.05) is 42.5 Å². The number of carbonyl (C=O) groups excluding carboxylic acids is 1. The number of amides is 1. The summed E-state index contributed by atoms with van der Waals surface area (Å²) in [5, 5.41) is 16.1. The van der Waals surface area contributed by atoms with Crippen LogP contribution in [0.2, 0.25) is 0 Å². The molecule has 0 saturated carbocycles. The van der Waals surface area contributed by atoms with Crippen LogP contribution in [0.25, 0.3) is 10.9 Å². The lowest BCUT2D eigenvalue weighted by Crippen LogP contribution is -2.34. The van der Waals surface area contributed by atoms with Crippen molar-refractivity contribution in [3.8, 4) is 5.75 Å². The fourth-order valence-corrected chi connectivity index (χ4v) is 5.72. The lowest BCUT2D eigenvalue weighted by molar-refractivity contribution is 0.0978. The first kappa shape index (κ1) is 26.8. The summed E-state index contributed by atoms with van der Waals surface area (Å²) in [6, 6.07) is 30.2. The largest absolute Gasteiger partial charge is 0.508 e. The number of rotatable bonds is 7. The molecule has 200 valence electrons. The number of hydrogen-bond donors (Lipinski definition) is 3. The summed E-state index contributed by atoms with van der Waals surface area (Å²) >= 11 is 5.30. The van der Waals surface area contributed by atoms with E-state index >= 15 is 0 Å². The number of aromatic nitrogens is 1. The van der Waals surface area contributed by atoms with Crippen LogP contribution in [0, 0.1) is 0 Å². The average Bonchev–Trinajstić information content (AvgIpc) is 2.97. The van der Waals surface area contributed by atoms with Crippen molar-refractivity contribution in [2.75, 3.05) is 9.62 Å². The van der Waals surface area contributed by atoms with Crippen molar-refractivity contribution >= 4 is 55.5 Å². The highest BCUT2D eigenvalue weighted by Crippen LogP contribution is 2.27. The molecule has 0 aliphatic rings. The second-order valence-electron chi connectivity index (χ2n) is 8.86. The number of aromatic hydroxyl groups is 1. The summed E-state index contributed by atoms with van der Waals surface area (Å²) < 4.78 is 28.7. The molecule has 5 aromatic rings. The number of pyridine rings is 1. The van der Waals surface area contributed by atoms with E-state index in [1.54, 1.807) is 66.9 Å². The van der Waals surface area contributed by atoms with Crippen LogP contribution in [0.15, 0.2) is 120 Å². The van der Waals surface area contributed by atoms with Gasteiger partial charge in [0.15, 0.2) is 5.11 Å². The lowest BCUT2D eigenvalue weighted by atomic mass is 10.1. The molecule has 0 spiro atoms. The first-order chi connectivity index (χ1) is 19.3. The smallest absolute Gasteiger partial charge is 0.264 e. The number of sulfonamides is 1. The van der Waals surface area contributed by atoms with Gasteiger partial charge in [0.05, 0.1) is 22.6 Å². The molecule has 0 saturated heterocycles. The third-order valence-electron chi connectivity index (χ3n) is 6.10. The van der Waals surface area contributed by atoms with Gasteiger partial charge in [-0.2, -0.15) is 0 Å². The molecule has 0 fully saturated rings. The number of fused-ring (bicyclic) bond motifs is 1. The molecule has 1 aromatic heterocycles. The van der Waals surface area contributed by atoms with Crippen LogP contribution in [0.4, 0.5) is 11.4 Å². The van der Waals surface area contributed by atoms with E-state index in [9.17, 15) is 18.3 Å². The molecule has 0 aliphatic heterocycles. The molecule has 0 bridgehead atoms. The zero-order valence-electron chi connectivity index (χ0n) is 21.1. The summed E-state index contributed by atoms with van der Waals surface area (Å²) in [6.07, 6.45) is 1.66. The molecule has 1 heterocycles. The van der Waals surface area contributed by atoms with Crippen LogP contribution in [0.5, 0.6) is 5.75 Å². The van der Waals surface area contributed by atoms with E-state index in [0.29, 0.717) is 28.0 Å². The summed E-state index contributed by atoms with van der Waals surface area (Å²) in [7, 11) is -3.95. The second kappa shape index (κ2) is 11.5. The Morgan fingerprint density at radius 3 is 2.33 bits per heavy atom. The fraction of sp³-hybridized carbons (Fsp3) is 0.0333. The van der Waals surface area contributed by atoms with Crippen molar-refractivity contribution in [2.45, 2.75) is 11.4 Å². The van der Waals surface area contributed by atoms with Crippen LogP contribution < -0.4 is 14.9 Å². The predicted molar refractivity (Wildman–Crippen MR) is 160 cm³/mol. The SMILES string of the molecule is O=C(NC(=S)Nc1ccc(S(=O)(=O)N(Cc2ccc(O)cc2)c2ccccc2)cc1)c1ccc2cccnc2c1. The Balaban J connectivity index is 1.30. The van der Waals surface area contributed by atoms with Crippen molar-refractivity contribution in [1.82, 2.24) is 10.3 Å². The molecule has 0 atom stereocenters. The highest BCUT2D eigenvalue weighted by molar-refractivity contribution is 7.92. The number of carbonyl (C=O) groups is 1. The highest BCUT2D eigenvalue weighted by Gasteiger charge is 2.25. The van der Waals surface area contributed by atoms with Crippen molar-refractivity contribution in [1.29, 1.82) is 0 Å². The maximum atomic E-state index is 13.7. The van der Waals surface area contributed by atoms with E-state index in [0.717, 1.165) is 5.39 Å². The molecule has 0 unspecified atom stereocenters. The minimum Gasteiger partial charge on any atom is -0.508 e. The van der Waals surface area contributed by atoms with Crippen LogP contribution >= 0.6 is 12.2 Å². The van der Waals surface area contributed by atoms with Gasteiger partial charge >= 0.3 is 0 Å². The van der Waals surface area contributed by atoms with Crippen LogP contribution in [-0.2, 0) is 16.6 Å². The molecule has 0 radical (unpaired) electrons. The summed E-state index contributed by atoms with van der Waals surface area (Å²) in [5.74, 6) is -0.290. The second-order valence-corrected chi connectivity index (χ2v) is 11.1. The number of phenols is 1. The van der Waals surface area contributed by atoms with Crippen LogP contribution in [-0.4, -0.2) is 29.5 Å². The van der Waals surface area contributed by atoms with E-state index in [1.165, 1.54) is 28.6 Å². The molecule has 5 rings (SSSR count). The summed E-state index contributed by atoms with van der Waals surface area (Å²) in [4.78, 5) is 17.0. The molecule has 0 aliphatic carbocycles. The number of thiocarbonyl (C=S) groups is 1. The molecule has 10 heteroatoms. The van der Waals surface area contributed by atoms with Gasteiger partial charge in [-0.3, -0.25) is 19.4 Å². The Morgan fingerprint density at radius 1 is 0.875 bits per heavy atom. The lowest BCUT2D eigenvalue weighted by Gasteiger charge is -2.25. The standard InChI is InChI=1S/C30H24N4O4S2/c35-26-14-8-21(9-15-26)20-34(25-6-2-1-3-7-25)40(37,38)27-16-12-24(13-17-27)32-30(39)33-29(36)23-11-10-22-5-4-18-31-28(22)19-23/h1-19,35H,20H2,(H2,32,33,36,39). The minimum atomic E-state index is -3.95. The average molecular weight is 569 g/mol. The third kappa shape index (κ3) is 6.09. The van der Waals surface area contributed by atoms with Gasteiger partial charge in [0.1, 0.15) is 5.75 Å². The van der Waals surface area contributed by atoms with Crippen molar-refractivity contribution in [2.24, 2.45) is 0 Å². The number of nitrogens with one attached hydrogen (secondary N) is 2. The van der Waals surface area contributed by atoms with Gasteiger partial charge in [-0.25, -0.2) is 8.42 Å². The van der Waals surface area contributed by atoms with E-state index in [-0.39, 0.29) is 22.3 Å². The van der Waals surface area contributed by atoms with E-state index in [2.05, 4.69) is 15.6 Å². The third-order valence-corrected chi connectivity index (χ3v) is 8.09. The van der Waals surface area contributed by atoms with E-state index in [1.807, 2.05) is 24.3 Å². The number of benzene rings is 4. The van der Waals surface area contributed by atoms with Gasteiger partial charge in [-0.05, 0) is 84.5 Å². The molecule has 3 N–H and O–H groups in total. The Hall–Kier alpha value is -4.80. The summed E-state index contributed by atoms with van der Waals surface area (Å²) in [5.41, 5.74) is 2.83. The van der Waals surface area contributed by atoms with Crippen LogP contribution in [0.1, 0.15) is 15.9 Å². The fourth-order valence-electron chi connectivity index (χ4n) is 4.06. The molecule has 1 amide bonds. The quantitative estimate of drug-likeness (QED) is 0.224. The Labute approximate surface area is 237 Å². The molecular formula is C30H24N4O4S2. The molecular weight excluding hydrogens is 544 g/mol. The number of phenolic OH excluding ortho intramolecular Hbond substituents is 1. The highest BCUT2D eigenvalue weighted by atomic mass is 32.2. The maximum Gasteiger partial charge on any atom is 0.264 e. The zero-order chi connectivity index (χ0) is 28.1. The van der Waals surface area contributed by atoms with Gasteiger partial charge < -0.3 is 10.4 Å². The first-order valence-corrected chi connectivity index (χ1v) is 14.1. The van der Waals surface area contributed by atoms with Crippen molar-refractivity contribution in [3.63, 3.8) is 0 Å². The molecule has 40 heavy (non-hydrogen) atoms. The van der Waals surface area contributed by atoms with Crippen molar-refractivity contribution in [3.05, 3.63) is 127 Å². The number of nitrogens with zero attached hydrogens (tertiary/aromatic N) is 2. The zero-order valence-corrected chi connectivity index (χ0v) is 22.7.